The Morgan fingerprint density at radius 2 is 0.543 bits per heavy atom. The Hall–Kier alpha value is -1.94. The van der Waals surface area contributed by atoms with E-state index in [9.17, 15) is 43.2 Å². The molecule has 19 heteroatoms. The number of unbranched alkanes of at least 4 members (excludes halogenated alkanes) is 40. The third kappa shape index (κ3) is 67.3. The SMILES string of the molecule is CCCCCCCCCCCCCC(=O)OC[C@H](COP(=O)(O)OC[C@H](O)COP(=O)(O)OC[C@@H](COC(=O)CCCCCCCCCCCCC(C)CC)OC(=O)CCCCCCCCCCCCCCCC(C)C)OC(=O)CCCCCCCCCCCCC(C)C. The van der Waals surface area contributed by atoms with Gasteiger partial charge in [-0.15, -0.1) is 0 Å². The number of phosphoric acid groups is 2. The van der Waals surface area contributed by atoms with Gasteiger partial charge >= 0.3 is 39.5 Å². The average Bonchev–Trinajstić information content (AvgIpc) is 2.77. The zero-order valence-electron chi connectivity index (χ0n) is 61.4. The molecule has 3 unspecified atom stereocenters. The third-order valence-electron chi connectivity index (χ3n) is 17.7. The first-order valence-electron chi connectivity index (χ1n) is 38.9. The number of rotatable bonds is 73. The summed E-state index contributed by atoms with van der Waals surface area (Å²) in [6, 6.07) is 0. The van der Waals surface area contributed by atoms with Crippen molar-refractivity contribution in [1.82, 2.24) is 0 Å². The molecule has 3 N–H and O–H groups in total. The topological polar surface area (TPSA) is 237 Å². The van der Waals surface area contributed by atoms with E-state index in [2.05, 4.69) is 48.5 Å². The molecule has 0 heterocycles. The molecule has 0 saturated heterocycles. The molecule has 0 aromatic heterocycles. The fourth-order valence-corrected chi connectivity index (χ4v) is 13.0. The van der Waals surface area contributed by atoms with E-state index in [0.29, 0.717) is 25.7 Å². The average molecular weight is 1380 g/mol. The van der Waals surface area contributed by atoms with E-state index in [1.54, 1.807) is 0 Å². The van der Waals surface area contributed by atoms with Gasteiger partial charge in [-0.3, -0.25) is 37.3 Å². The maximum Gasteiger partial charge on any atom is 0.472 e. The van der Waals surface area contributed by atoms with Gasteiger partial charge in [-0.25, -0.2) is 9.13 Å². The Balaban J connectivity index is 5.27. The Kier molecular flexibility index (Phi) is 64.3. The summed E-state index contributed by atoms with van der Waals surface area (Å²) in [5.74, 6) is 0.230. The van der Waals surface area contributed by atoms with Crippen molar-refractivity contribution >= 4 is 39.5 Å². The Morgan fingerprint density at radius 3 is 0.809 bits per heavy atom. The second-order valence-electron chi connectivity index (χ2n) is 28.2. The van der Waals surface area contributed by atoms with Gasteiger partial charge in [0.25, 0.3) is 0 Å². The van der Waals surface area contributed by atoms with Crippen LogP contribution in [-0.4, -0.2) is 96.7 Å². The summed E-state index contributed by atoms with van der Waals surface area (Å²) in [5, 5.41) is 10.6. The molecule has 0 amide bonds. The number of esters is 4. The lowest BCUT2D eigenvalue weighted by atomic mass is 9.99. The van der Waals surface area contributed by atoms with Crippen molar-refractivity contribution in [3.8, 4) is 0 Å². The molecule has 0 aliphatic rings. The molecule has 0 bridgehead atoms. The summed E-state index contributed by atoms with van der Waals surface area (Å²) in [5.41, 5.74) is 0. The second kappa shape index (κ2) is 65.7. The highest BCUT2D eigenvalue weighted by molar-refractivity contribution is 7.47. The highest BCUT2D eigenvalue weighted by Gasteiger charge is 2.30. The van der Waals surface area contributed by atoms with Gasteiger partial charge in [0.1, 0.15) is 19.3 Å². The van der Waals surface area contributed by atoms with Crippen molar-refractivity contribution in [1.29, 1.82) is 0 Å². The normalized spacial score (nSPS) is 14.4. The predicted octanol–water partition coefficient (Wildman–Crippen LogP) is 21.8. The van der Waals surface area contributed by atoms with Crippen LogP contribution in [0.4, 0.5) is 0 Å². The van der Waals surface area contributed by atoms with Crippen molar-refractivity contribution in [2.75, 3.05) is 39.6 Å². The minimum atomic E-state index is -4.96. The third-order valence-corrected chi connectivity index (χ3v) is 19.6. The molecule has 0 radical (unpaired) electrons. The van der Waals surface area contributed by atoms with Crippen molar-refractivity contribution in [2.45, 2.75) is 401 Å². The smallest absolute Gasteiger partial charge is 0.462 e. The van der Waals surface area contributed by atoms with Crippen LogP contribution in [0.1, 0.15) is 382 Å². The van der Waals surface area contributed by atoms with Gasteiger partial charge in [0, 0.05) is 25.7 Å². The molecular formula is C75H146O17P2. The van der Waals surface area contributed by atoms with E-state index in [-0.39, 0.29) is 25.7 Å². The summed E-state index contributed by atoms with van der Waals surface area (Å²) in [7, 11) is -9.91. The lowest BCUT2D eigenvalue weighted by Gasteiger charge is -2.21. The summed E-state index contributed by atoms with van der Waals surface area (Å²) < 4.78 is 68.5. The van der Waals surface area contributed by atoms with E-state index < -0.39 is 97.5 Å². The maximum atomic E-state index is 13.1. The molecule has 17 nitrogen and oxygen atoms in total. The van der Waals surface area contributed by atoms with Crippen molar-refractivity contribution in [3.05, 3.63) is 0 Å². The van der Waals surface area contributed by atoms with E-state index in [1.807, 2.05) is 0 Å². The lowest BCUT2D eigenvalue weighted by Crippen LogP contribution is -2.30. The monoisotopic (exact) mass is 1380 g/mol. The van der Waals surface area contributed by atoms with Gasteiger partial charge in [0.05, 0.1) is 26.4 Å². The highest BCUT2D eigenvalue weighted by atomic mass is 31.2. The van der Waals surface area contributed by atoms with Crippen LogP contribution in [0, 0.1) is 17.8 Å². The molecule has 0 spiro atoms. The van der Waals surface area contributed by atoms with Crippen LogP contribution in [0.2, 0.25) is 0 Å². The van der Waals surface area contributed by atoms with Crippen molar-refractivity contribution in [2.24, 2.45) is 17.8 Å². The molecule has 0 aliphatic carbocycles. The van der Waals surface area contributed by atoms with Crippen LogP contribution in [0.15, 0.2) is 0 Å². The molecule has 0 aromatic rings. The van der Waals surface area contributed by atoms with Crippen LogP contribution >= 0.6 is 15.6 Å². The zero-order valence-corrected chi connectivity index (χ0v) is 63.2. The van der Waals surface area contributed by atoms with Gasteiger partial charge in [-0.1, -0.05) is 331 Å². The van der Waals surface area contributed by atoms with Crippen LogP contribution in [0.3, 0.4) is 0 Å². The van der Waals surface area contributed by atoms with Gasteiger partial charge in [-0.05, 0) is 43.4 Å². The van der Waals surface area contributed by atoms with E-state index in [0.717, 1.165) is 108 Å². The number of carbonyl (C=O) groups excluding carboxylic acids is 4. The Bertz CT molecular complexity index is 1840. The molecular weight excluding hydrogens is 1230 g/mol. The second-order valence-corrected chi connectivity index (χ2v) is 31.1. The van der Waals surface area contributed by atoms with E-state index in [4.69, 9.17) is 37.0 Å². The minimum Gasteiger partial charge on any atom is -0.462 e. The summed E-state index contributed by atoms with van der Waals surface area (Å²) in [6.45, 7) is 11.9. The highest BCUT2D eigenvalue weighted by Crippen LogP contribution is 2.45. The van der Waals surface area contributed by atoms with Crippen molar-refractivity contribution < 1.29 is 80.2 Å². The molecule has 0 aliphatic heterocycles. The van der Waals surface area contributed by atoms with Crippen LogP contribution in [0.5, 0.6) is 0 Å². The fraction of sp³-hybridized carbons (Fsp3) is 0.947. The largest absolute Gasteiger partial charge is 0.472 e. The maximum absolute atomic E-state index is 13.1. The number of carbonyl (C=O) groups is 4. The number of hydrogen-bond acceptors (Lipinski definition) is 15. The summed E-state index contributed by atoms with van der Waals surface area (Å²) >= 11 is 0. The van der Waals surface area contributed by atoms with E-state index in [1.165, 1.54) is 193 Å². The summed E-state index contributed by atoms with van der Waals surface area (Å²) in [6.07, 6.45) is 51.1. The standard InChI is InChI=1S/C75H146O17P2/c1-8-10-11-12-13-14-18-28-35-42-49-56-72(77)85-62-71(92-75(80)59-52-45-38-31-23-21-26-33-40-47-54-67(5)6)65-90-94(83,84)88-61-69(76)60-87-93(81,82)89-64-70(63-86-73(78)57-50-43-36-29-24-22-27-34-41-48-55-68(7)9-2)91-74(79)58-51-44-37-30-20-17-15-16-19-25-32-39-46-53-66(3)4/h66-71,76H,8-65H2,1-7H3,(H,81,82)(H,83,84)/t68?,69-,70-,71-/m1/s1. The minimum absolute atomic E-state index is 0.106. The van der Waals surface area contributed by atoms with Crippen LogP contribution in [0.25, 0.3) is 0 Å². The molecule has 0 rings (SSSR count). The van der Waals surface area contributed by atoms with Crippen LogP contribution < -0.4 is 0 Å². The zero-order chi connectivity index (χ0) is 69.4. The molecule has 94 heavy (non-hydrogen) atoms. The predicted molar refractivity (Wildman–Crippen MR) is 381 cm³/mol. The molecule has 558 valence electrons. The molecule has 0 saturated carbocycles. The Morgan fingerprint density at radius 1 is 0.309 bits per heavy atom. The quantitative estimate of drug-likeness (QED) is 0.0222. The number of ether oxygens (including phenoxy) is 4. The van der Waals surface area contributed by atoms with Gasteiger partial charge in [0.15, 0.2) is 12.2 Å². The first-order chi connectivity index (χ1) is 45.3. The molecule has 0 aromatic carbocycles. The number of hydrogen-bond donors (Lipinski definition) is 3. The van der Waals surface area contributed by atoms with Crippen LogP contribution in [-0.2, 0) is 65.4 Å². The first kappa shape index (κ1) is 92.1. The molecule has 0 fully saturated rings. The first-order valence-corrected chi connectivity index (χ1v) is 41.9. The fourth-order valence-electron chi connectivity index (χ4n) is 11.4. The summed E-state index contributed by atoms with van der Waals surface area (Å²) in [4.78, 5) is 72.8. The van der Waals surface area contributed by atoms with Gasteiger partial charge < -0.3 is 33.8 Å². The van der Waals surface area contributed by atoms with Crippen molar-refractivity contribution in [3.63, 3.8) is 0 Å². The number of aliphatic hydroxyl groups is 1. The lowest BCUT2D eigenvalue weighted by molar-refractivity contribution is -0.161. The number of phosphoric ester groups is 2. The van der Waals surface area contributed by atoms with Gasteiger partial charge in [-0.2, -0.15) is 0 Å². The van der Waals surface area contributed by atoms with Gasteiger partial charge in [0.2, 0.25) is 0 Å². The number of aliphatic hydroxyl groups excluding tert-OH is 1. The van der Waals surface area contributed by atoms with E-state index >= 15 is 0 Å². The Labute approximate surface area is 575 Å². The molecule has 6 atom stereocenters.